The van der Waals surface area contributed by atoms with E-state index in [1.165, 1.54) is 7.11 Å². The van der Waals surface area contributed by atoms with E-state index in [9.17, 15) is 4.79 Å². The Kier molecular flexibility index (Phi) is 4.29. The molecule has 0 aliphatic rings. The third-order valence-corrected chi connectivity index (χ3v) is 3.52. The molecule has 0 fully saturated rings. The first kappa shape index (κ1) is 14.4. The molecule has 20 heavy (non-hydrogen) atoms. The highest BCUT2D eigenvalue weighted by Crippen LogP contribution is 2.26. The molecule has 2 aromatic rings. The van der Waals surface area contributed by atoms with E-state index in [0.717, 1.165) is 15.7 Å². The van der Waals surface area contributed by atoms with Crippen LogP contribution in [0.4, 0.5) is 11.4 Å². The average Bonchev–Trinajstić information content (AvgIpc) is 2.42. The third-order valence-electron chi connectivity index (χ3n) is 2.87. The van der Waals surface area contributed by atoms with Crippen molar-refractivity contribution in [1.29, 1.82) is 0 Å². The van der Waals surface area contributed by atoms with Gasteiger partial charge in [-0.05, 0) is 58.7 Å². The fourth-order valence-electron chi connectivity index (χ4n) is 1.77. The Balaban J connectivity index is 2.24. The monoisotopic (exact) mass is 334 g/mol. The Labute approximate surface area is 126 Å². The molecule has 0 radical (unpaired) electrons. The zero-order valence-electron chi connectivity index (χ0n) is 11.2. The van der Waals surface area contributed by atoms with Gasteiger partial charge in [-0.3, -0.25) is 4.79 Å². The van der Waals surface area contributed by atoms with Gasteiger partial charge >= 0.3 is 0 Å². The smallest absolute Gasteiger partial charge is 0.255 e. The maximum Gasteiger partial charge on any atom is 0.255 e. The summed E-state index contributed by atoms with van der Waals surface area (Å²) in [6.45, 7) is 1.99. The van der Waals surface area contributed by atoms with Crippen LogP contribution in [0.2, 0.25) is 0 Å². The van der Waals surface area contributed by atoms with Gasteiger partial charge in [0.2, 0.25) is 0 Å². The molecule has 0 spiro atoms. The summed E-state index contributed by atoms with van der Waals surface area (Å²) in [6.07, 6.45) is 0. The van der Waals surface area contributed by atoms with Crippen LogP contribution in [-0.2, 0) is 0 Å². The molecular weight excluding hydrogens is 320 g/mol. The van der Waals surface area contributed by atoms with Crippen molar-refractivity contribution in [2.24, 2.45) is 0 Å². The predicted molar refractivity (Wildman–Crippen MR) is 84.2 cm³/mol. The molecule has 0 saturated carbocycles. The molecule has 5 heteroatoms. The van der Waals surface area contributed by atoms with Gasteiger partial charge in [0.25, 0.3) is 5.91 Å². The number of rotatable bonds is 3. The molecule has 3 N–H and O–H groups in total. The summed E-state index contributed by atoms with van der Waals surface area (Å²) >= 11 is 3.43. The first-order valence-corrected chi connectivity index (χ1v) is 6.81. The Morgan fingerprint density at radius 3 is 2.65 bits per heavy atom. The maximum atomic E-state index is 12.2. The summed E-state index contributed by atoms with van der Waals surface area (Å²) in [4.78, 5) is 12.2. The van der Waals surface area contributed by atoms with Crippen LogP contribution in [0.25, 0.3) is 0 Å². The quantitative estimate of drug-likeness (QED) is 0.843. The summed E-state index contributed by atoms with van der Waals surface area (Å²) < 4.78 is 5.95. The van der Waals surface area contributed by atoms with E-state index in [4.69, 9.17) is 10.5 Å². The number of carbonyl (C=O) groups excluding carboxylic acids is 1. The molecule has 0 atom stereocenters. The first-order valence-electron chi connectivity index (χ1n) is 6.02. The van der Waals surface area contributed by atoms with Gasteiger partial charge in [-0.15, -0.1) is 0 Å². The van der Waals surface area contributed by atoms with Crippen molar-refractivity contribution in [2.45, 2.75) is 6.92 Å². The van der Waals surface area contributed by atoms with Gasteiger partial charge in [0.05, 0.1) is 18.5 Å². The minimum Gasteiger partial charge on any atom is -0.495 e. The topological polar surface area (TPSA) is 64.3 Å². The van der Waals surface area contributed by atoms with Crippen LogP contribution in [0.15, 0.2) is 40.9 Å². The second-order valence-corrected chi connectivity index (χ2v) is 5.25. The van der Waals surface area contributed by atoms with Gasteiger partial charge in [-0.1, -0.05) is 6.07 Å². The highest BCUT2D eigenvalue weighted by atomic mass is 79.9. The van der Waals surface area contributed by atoms with E-state index in [0.29, 0.717) is 17.0 Å². The fraction of sp³-hybridized carbons (Fsp3) is 0.133. The van der Waals surface area contributed by atoms with E-state index in [2.05, 4.69) is 21.2 Å². The molecule has 104 valence electrons. The lowest BCUT2D eigenvalue weighted by Crippen LogP contribution is -2.12. The number of hydrogen-bond donors (Lipinski definition) is 2. The number of nitrogens with one attached hydrogen (secondary N) is 1. The summed E-state index contributed by atoms with van der Waals surface area (Å²) in [5.41, 5.74) is 8.55. The fourth-order valence-corrected chi connectivity index (χ4v) is 2.36. The molecule has 0 aliphatic heterocycles. The summed E-state index contributed by atoms with van der Waals surface area (Å²) in [7, 11) is 1.52. The van der Waals surface area contributed by atoms with Crippen LogP contribution in [0.1, 0.15) is 15.9 Å². The molecule has 2 aromatic carbocycles. The lowest BCUT2D eigenvalue weighted by molar-refractivity contribution is 0.102. The summed E-state index contributed by atoms with van der Waals surface area (Å²) in [5, 5.41) is 2.84. The van der Waals surface area contributed by atoms with E-state index >= 15 is 0 Å². The number of benzene rings is 2. The van der Waals surface area contributed by atoms with Crippen LogP contribution in [-0.4, -0.2) is 13.0 Å². The van der Waals surface area contributed by atoms with Gasteiger partial charge in [0.15, 0.2) is 0 Å². The SMILES string of the molecule is COc1cc(C(=O)Nc2ccc(C)cc2Br)ccc1N. The number of nitrogen functional groups attached to an aromatic ring is 1. The molecule has 0 aliphatic carbocycles. The van der Waals surface area contributed by atoms with Crippen molar-refractivity contribution < 1.29 is 9.53 Å². The molecule has 0 bridgehead atoms. The molecule has 1 amide bonds. The number of carbonyl (C=O) groups is 1. The van der Waals surface area contributed by atoms with Gasteiger partial charge in [-0.2, -0.15) is 0 Å². The third kappa shape index (κ3) is 3.11. The van der Waals surface area contributed by atoms with Gasteiger partial charge in [0.1, 0.15) is 5.75 Å². The Morgan fingerprint density at radius 2 is 2.00 bits per heavy atom. The lowest BCUT2D eigenvalue weighted by atomic mass is 10.1. The minimum absolute atomic E-state index is 0.215. The van der Waals surface area contributed by atoms with Gasteiger partial charge in [-0.25, -0.2) is 0 Å². The zero-order valence-corrected chi connectivity index (χ0v) is 12.8. The number of hydrogen-bond acceptors (Lipinski definition) is 3. The van der Waals surface area contributed by atoms with Crippen molar-refractivity contribution in [3.63, 3.8) is 0 Å². The lowest BCUT2D eigenvalue weighted by Gasteiger charge is -2.10. The zero-order chi connectivity index (χ0) is 14.7. The van der Waals surface area contributed by atoms with E-state index in [-0.39, 0.29) is 5.91 Å². The molecule has 2 rings (SSSR count). The highest BCUT2D eigenvalue weighted by molar-refractivity contribution is 9.10. The number of aryl methyl sites for hydroxylation is 1. The standard InChI is InChI=1S/C15H15BrN2O2/c1-9-3-6-13(11(16)7-9)18-15(19)10-4-5-12(17)14(8-10)20-2/h3-8H,17H2,1-2H3,(H,18,19). The number of methoxy groups -OCH3 is 1. The minimum atomic E-state index is -0.215. The van der Waals surface area contributed by atoms with Crippen LogP contribution in [0, 0.1) is 6.92 Å². The Bertz CT molecular complexity index is 656. The molecular formula is C15H15BrN2O2. The maximum absolute atomic E-state index is 12.2. The summed E-state index contributed by atoms with van der Waals surface area (Å²) in [6, 6.07) is 10.7. The second kappa shape index (κ2) is 5.96. The van der Waals surface area contributed by atoms with Gasteiger partial charge < -0.3 is 15.8 Å². The Hall–Kier alpha value is -2.01. The van der Waals surface area contributed by atoms with E-state index in [1.54, 1.807) is 18.2 Å². The van der Waals surface area contributed by atoms with Gasteiger partial charge in [0, 0.05) is 10.0 Å². The number of amides is 1. The number of anilines is 2. The largest absolute Gasteiger partial charge is 0.495 e. The molecule has 0 aromatic heterocycles. The van der Waals surface area contributed by atoms with Crippen molar-refractivity contribution >= 4 is 33.2 Å². The second-order valence-electron chi connectivity index (χ2n) is 4.39. The van der Waals surface area contributed by atoms with Crippen molar-refractivity contribution in [3.05, 3.63) is 52.0 Å². The van der Waals surface area contributed by atoms with Crippen molar-refractivity contribution in [3.8, 4) is 5.75 Å². The first-order chi connectivity index (χ1) is 9.51. The van der Waals surface area contributed by atoms with Crippen LogP contribution in [0.3, 0.4) is 0 Å². The van der Waals surface area contributed by atoms with Crippen LogP contribution >= 0.6 is 15.9 Å². The van der Waals surface area contributed by atoms with Crippen molar-refractivity contribution in [1.82, 2.24) is 0 Å². The predicted octanol–water partition coefficient (Wildman–Crippen LogP) is 3.60. The van der Waals surface area contributed by atoms with E-state index in [1.807, 2.05) is 25.1 Å². The molecule has 0 unspecified atom stereocenters. The van der Waals surface area contributed by atoms with Crippen molar-refractivity contribution in [2.75, 3.05) is 18.2 Å². The highest BCUT2D eigenvalue weighted by Gasteiger charge is 2.10. The number of nitrogens with two attached hydrogens (primary N) is 1. The molecule has 0 saturated heterocycles. The van der Waals surface area contributed by atoms with E-state index < -0.39 is 0 Å². The normalized spacial score (nSPS) is 10.2. The molecule has 4 nitrogen and oxygen atoms in total. The number of ether oxygens (including phenoxy) is 1. The average molecular weight is 335 g/mol. The number of halogens is 1. The molecule has 0 heterocycles. The summed E-state index contributed by atoms with van der Waals surface area (Å²) in [5.74, 6) is 0.272. The Morgan fingerprint density at radius 1 is 1.25 bits per heavy atom. The van der Waals surface area contributed by atoms with Crippen LogP contribution < -0.4 is 15.8 Å². The van der Waals surface area contributed by atoms with Crippen LogP contribution in [0.5, 0.6) is 5.75 Å².